The SMILES string of the molecule is Cc1cnc(C(=O)N2CCC(Oc3cc(C)nc(C)n3)CC2)cn1. The number of aromatic nitrogens is 4. The summed E-state index contributed by atoms with van der Waals surface area (Å²) < 4.78 is 5.95. The van der Waals surface area contributed by atoms with Crippen LogP contribution in [0.4, 0.5) is 0 Å². The zero-order chi connectivity index (χ0) is 17.1. The fourth-order valence-corrected chi connectivity index (χ4v) is 2.76. The second-order valence-electron chi connectivity index (χ2n) is 6.05. The van der Waals surface area contributed by atoms with E-state index >= 15 is 0 Å². The Hall–Kier alpha value is -2.57. The fourth-order valence-electron chi connectivity index (χ4n) is 2.76. The molecular weight excluding hydrogens is 306 g/mol. The summed E-state index contributed by atoms with van der Waals surface area (Å²) in [6.07, 6.45) is 4.75. The Morgan fingerprint density at radius 1 is 1.08 bits per heavy atom. The molecule has 1 saturated heterocycles. The van der Waals surface area contributed by atoms with Gasteiger partial charge in [-0.15, -0.1) is 0 Å². The standard InChI is InChI=1S/C17H21N5O2/c1-11-8-16(21-13(3)20-11)24-14-4-6-22(7-5-14)17(23)15-10-18-12(2)9-19-15/h8-10,14H,4-7H2,1-3H3. The molecule has 0 spiro atoms. The van der Waals surface area contributed by atoms with E-state index in [0.29, 0.717) is 30.5 Å². The van der Waals surface area contributed by atoms with Crippen LogP contribution in [0.3, 0.4) is 0 Å². The predicted molar refractivity (Wildman–Crippen MR) is 87.8 cm³/mol. The van der Waals surface area contributed by atoms with Gasteiger partial charge in [-0.1, -0.05) is 0 Å². The highest BCUT2D eigenvalue weighted by molar-refractivity contribution is 5.92. The van der Waals surface area contributed by atoms with Gasteiger partial charge < -0.3 is 9.64 Å². The maximum absolute atomic E-state index is 12.4. The third kappa shape index (κ3) is 3.84. The number of ether oxygens (including phenoxy) is 1. The summed E-state index contributed by atoms with van der Waals surface area (Å²) >= 11 is 0. The molecule has 0 bridgehead atoms. The average Bonchev–Trinajstić information content (AvgIpc) is 2.55. The third-order valence-corrected chi connectivity index (χ3v) is 3.96. The molecule has 3 heterocycles. The number of piperidine rings is 1. The molecule has 0 aliphatic carbocycles. The molecule has 0 radical (unpaired) electrons. The molecule has 0 saturated carbocycles. The number of hydrogen-bond acceptors (Lipinski definition) is 6. The van der Waals surface area contributed by atoms with Gasteiger partial charge >= 0.3 is 0 Å². The van der Waals surface area contributed by atoms with Gasteiger partial charge in [-0.05, 0) is 20.8 Å². The minimum Gasteiger partial charge on any atom is -0.474 e. The Morgan fingerprint density at radius 3 is 2.46 bits per heavy atom. The largest absolute Gasteiger partial charge is 0.474 e. The zero-order valence-corrected chi connectivity index (χ0v) is 14.2. The Morgan fingerprint density at radius 2 is 1.83 bits per heavy atom. The molecule has 7 heteroatoms. The molecule has 7 nitrogen and oxygen atoms in total. The number of aryl methyl sites for hydroxylation is 3. The van der Waals surface area contributed by atoms with Crippen LogP contribution in [-0.4, -0.2) is 49.9 Å². The number of likely N-dealkylation sites (tertiary alicyclic amines) is 1. The number of carbonyl (C=O) groups is 1. The summed E-state index contributed by atoms with van der Waals surface area (Å²) in [6.45, 7) is 6.90. The van der Waals surface area contributed by atoms with Gasteiger partial charge in [0.05, 0.1) is 11.9 Å². The first-order valence-electron chi connectivity index (χ1n) is 8.08. The lowest BCUT2D eigenvalue weighted by Crippen LogP contribution is -2.42. The quantitative estimate of drug-likeness (QED) is 0.856. The van der Waals surface area contributed by atoms with E-state index in [1.165, 1.54) is 6.20 Å². The van der Waals surface area contributed by atoms with Crippen molar-refractivity contribution in [3.05, 3.63) is 41.4 Å². The minimum atomic E-state index is -0.0744. The van der Waals surface area contributed by atoms with Crippen molar-refractivity contribution in [3.63, 3.8) is 0 Å². The van der Waals surface area contributed by atoms with Crippen LogP contribution in [0.15, 0.2) is 18.5 Å². The highest BCUT2D eigenvalue weighted by atomic mass is 16.5. The zero-order valence-electron chi connectivity index (χ0n) is 14.2. The number of nitrogens with zero attached hydrogens (tertiary/aromatic N) is 5. The van der Waals surface area contributed by atoms with Crippen LogP contribution in [-0.2, 0) is 0 Å². The van der Waals surface area contributed by atoms with E-state index in [1.807, 2.05) is 26.8 Å². The van der Waals surface area contributed by atoms with Crippen molar-refractivity contribution in [3.8, 4) is 5.88 Å². The first-order valence-corrected chi connectivity index (χ1v) is 8.08. The molecule has 24 heavy (non-hydrogen) atoms. The Balaban J connectivity index is 1.57. The van der Waals surface area contributed by atoms with E-state index in [4.69, 9.17) is 4.74 Å². The first-order chi connectivity index (χ1) is 11.5. The Kier molecular flexibility index (Phi) is 4.69. The highest BCUT2D eigenvalue weighted by Gasteiger charge is 2.25. The van der Waals surface area contributed by atoms with Crippen molar-refractivity contribution < 1.29 is 9.53 Å². The van der Waals surface area contributed by atoms with Crippen LogP contribution in [0.1, 0.15) is 40.5 Å². The molecule has 3 rings (SSSR count). The van der Waals surface area contributed by atoms with Crippen LogP contribution in [0.2, 0.25) is 0 Å². The van der Waals surface area contributed by atoms with E-state index in [1.54, 1.807) is 11.1 Å². The molecule has 1 aliphatic rings. The van der Waals surface area contributed by atoms with E-state index in [9.17, 15) is 4.79 Å². The normalized spacial score (nSPS) is 15.4. The summed E-state index contributed by atoms with van der Waals surface area (Å²) in [5.74, 6) is 1.24. The summed E-state index contributed by atoms with van der Waals surface area (Å²) in [5.41, 5.74) is 2.08. The average molecular weight is 327 g/mol. The van der Waals surface area contributed by atoms with Crippen molar-refractivity contribution in [1.29, 1.82) is 0 Å². The van der Waals surface area contributed by atoms with Crippen LogP contribution >= 0.6 is 0 Å². The van der Waals surface area contributed by atoms with Crippen LogP contribution < -0.4 is 4.74 Å². The summed E-state index contributed by atoms with van der Waals surface area (Å²) in [6, 6.07) is 1.84. The number of hydrogen-bond donors (Lipinski definition) is 0. The van der Waals surface area contributed by atoms with Crippen molar-refractivity contribution in [1.82, 2.24) is 24.8 Å². The van der Waals surface area contributed by atoms with Gasteiger partial charge in [0.2, 0.25) is 5.88 Å². The van der Waals surface area contributed by atoms with Crippen molar-refractivity contribution >= 4 is 5.91 Å². The van der Waals surface area contributed by atoms with E-state index in [2.05, 4.69) is 19.9 Å². The van der Waals surface area contributed by atoms with E-state index in [0.717, 1.165) is 24.2 Å². The predicted octanol–water partition coefficient (Wildman–Crippen LogP) is 1.88. The van der Waals surface area contributed by atoms with E-state index in [-0.39, 0.29) is 12.0 Å². The molecule has 126 valence electrons. The van der Waals surface area contributed by atoms with Crippen molar-refractivity contribution in [2.75, 3.05) is 13.1 Å². The van der Waals surface area contributed by atoms with Gasteiger partial charge in [0, 0.05) is 43.9 Å². The van der Waals surface area contributed by atoms with E-state index < -0.39 is 0 Å². The van der Waals surface area contributed by atoms with Crippen molar-refractivity contribution in [2.24, 2.45) is 0 Å². The van der Waals surface area contributed by atoms with Gasteiger partial charge in [-0.3, -0.25) is 9.78 Å². The molecule has 1 amide bonds. The summed E-state index contributed by atoms with van der Waals surface area (Å²) in [7, 11) is 0. The topological polar surface area (TPSA) is 81.1 Å². The first kappa shape index (κ1) is 16.3. The van der Waals surface area contributed by atoms with Crippen LogP contribution in [0.25, 0.3) is 0 Å². The highest BCUT2D eigenvalue weighted by Crippen LogP contribution is 2.19. The lowest BCUT2D eigenvalue weighted by molar-refractivity contribution is 0.0581. The maximum atomic E-state index is 12.4. The molecular formula is C17H21N5O2. The second kappa shape index (κ2) is 6.90. The molecule has 2 aromatic heterocycles. The Labute approximate surface area is 141 Å². The maximum Gasteiger partial charge on any atom is 0.274 e. The number of carbonyl (C=O) groups excluding carboxylic acids is 1. The van der Waals surface area contributed by atoms with Gasteiger partial charge in [0.25, 0.3) is 5.91 Å². The third-order valence-electron chi connectivity index (χ3n) is 3.96. The smallest absolute Gasteiger partial charge is 0.274 e. The molecule has 1 aliphatic heterocycles. The minimum absolute atomic E-state index is 0.0619. The second-order valence-corrected chi connectivity index (χ2v) is 6.05. The molecule has 2 aromatic rings. The number of amides is 1. The molecule has 0 atom stereocenters. The van der Waals surface area contributed by atoms with Crippen LogP contribution in [0.5, 0.6) is 5.88 Å². The monoisotopic (exact) mass is 327 g/mol. The summed E-state index contributed by atoms with van der Waals surface area (Å²) in [5, 5.41) is 0. The van der Waals surface area contributed by atoms with Gasteiger partial charge in [0.15, 0.2) is 0 Å². The lowest BCUT2D eigenvalue weighted by atomic mass is 10.1. The lowest BCUT2D eigenvalue weighted by Gasteiger charge is -2.31. The van der Waals surface area contributed by atoms with Crippen LogP contribution in [0, 0.1) is 20.8 Å². The van der Waals surface area contributed by atoms with Gasteiger partial charge in [-0.25, -0.2) is 9.97 Å². The molecule has 0 N–H and O–H groups in total. The van der Waals surface area contributed by atoms with Crippen molar-refractivity contribution in [2.45, 2.75) is 39.7 Å². The summed E-state index contributed by atoms with van der Waals surface area (Å²) in [4.78, 5) is 31.1. The number of rotatable bonds is 3. The molecule has 1 fully saturated rings. The fraction of sp³-hybridized carbons (Fsp3) is 0.471. The molecule has 0 unspecified atom stereocenters. The molecule has 0 aromatic carbocycles. The van der Waals surface area contributed by atoms with Gasteiger partial charge in [0.1, 0.15) is 17.6 Å². The van der Waals surface area contributed by atoms with Gasteiger partial charge in [-0.2, -0.15) is 4.98 Å². The Bertz CT molecular complexity index is 704.